The quantitative estimate of drug-likeness (QED) is 0.193. The van der Waals surface area contributed by atoms with Gasteiger partial charge in [0.1, 0.15) is 11.5 Å². The molecule has 10 nitrogen and oxygen atoms in total. The van der Waals surface area contributed by atoms with Crippen molar-refractivity contribution in [2.45, 2.75) is 25.9 Å². The summed E-state index contributed by atoms with van der Waals surface area (Å²) in [6, 6.07) is 24.1. The summed E-state index contributed by atoms with van der Waals surface area (Å²) in [7, 11) is 0. The van der Waals surface area contributed by atoms with Gasteiger partial charge >= 0.3 is 0 Å². The van der Waals surface area contributed by atoms with Crippen molar-refractivity contribution in [3.8, 4) is 0 Å². The first kappa shape index (κ1) is 26.8. The van der Waals surface area contributed by atoms with Crippen molar-refractivity contribution in [1.82, 2.24) is 20.4 Å². The molecule has 40 heavy (non-hydrogen) atoms. The van der Waals surface area contributed by atoms with Crippen molar-refractivity contribution in [1.29, 1.82) is 0 Å². The minimum Gasteiger partial charge on any atom is -0.441 e. The highest BCUT2D eigenvalue weighted by Gasteiger charge is 2.11. The number of aliphatic hydroxyl groups excluding tert-OH is 2. The molecule has 0 bridgehead atoms. The molecule has 0 saturated carbocycles. The summed E-state index contributed by atoms with van der Waals surface area (Å²) < 4.78 is 11.1. The molecule has 4 N–H and O–H groups in total. The number of aromatic nitrogens is 4. The van der Waals surface area contributed by atoms with E-state index in [0.29, 0.717) is 48.9 Å². The van der Waals surface area contributed by atoms with Gasteiger partial charge in [-0.1, -0.05) is 60.7 Å². The number of hydrogen-bond acceptors (Lipinski definition) is 10. The molecule has 0 unspecified atom stereocenters. The maximum absolute atomic E-state index is 8.95. The van der Waals surface area contributed by atoms with Crippen molar-refractivity contribution in [2.75, 3.05) is 23.8 Å². The molecule has 4 aromatic heterocycles. The molecule has 0 amide bonds. The second-order valence-electron chi connectivity index (χ2n) is 9.01. The lowest BCUT2D eigenvalue weighted by atomic mass is 10.2. The van der Waals surface area contributed by atoms with E-state index in [4.69, 9.17) is 19.0 Å². The smallest absolute Gasteiger partial charge is 0.248 e. The molecule has 0 fully saturated rings. The molecule has 4 heterocycles. The molecule has 2 aromatic carbocycles. The summed E-state index contributed by atoms with van der Waals surface area (Å²) in [6.45, 7) is 1.53. The van der Waals surface area contributed by atoms with Crippen molar-refractivity contribution < 1.29 is 19.0 Å². The van der Waals surface area contributed by atoms with Crippen LogP contribution in [0, 0.1) is 0 Å². The summed E-state index contributed by atoms with van der Waals surface area (Å²) >= 11 is 0. The summed E-state index contributed by atoms with van der Waals surface area (Å²) in [5.41, 5.74) is 5.13. The first-order valence-corrected chi connectivity index (χ1v) is 13.0. The molecular weight excluding hydrogens is 508 g/mol. The third kappa shape index (κ3) is 6.79. The first-order chi connectivity index (χ1) is 19.7. The van der Waals surface area contributed by atoms with E-state index in [1.165, 1.54) is 11.1 Å². The van der Waals surface area contributed by atoms with Crippen LogP contribution in [0.5, 0.6) is 0 Å². The van der Waals surface area contributed by atoms with Crippen LogP contribution in [-0.2, 0) is 25.9 Å². The maximum atomic E-state index is 8.95. The number of furan rings is 2. The molecule has 6 aromatic rings. The van der Waals surface area contributed by atoms with Gasteiger partial charge in [0.2, 0.25) is 11.4 Å². The third-order valence-corrected chi connectivity index (χ3v) is 6.15. The Hall–Kier alpha value is -4.80. The Morgan fingerprint density at radius 2 is 1.02 bits per heavy atom. The molecule has 10 heteroatoms. The number of benzene rings is 2. The zero-order valence-corrected chi connectivity index (χ0v) is 21.8. The lowest BCUT2D eigenvalue weighted by Gasteiger charge is -2.06. The molecule has 0 saturated heterocycles. The van der Waals surface area contributed by atoms with Crippen molar-refractivity contribution in [3.63, 3.8) is 0 Å². The van der Waals surface area contributed by atoms with Gasteiger partial charge in [0.15, 0.2) is 0 Å². The highest BCUT2D eigenvalue weighted by atomic mass is 16.4. The van der Waals surface area contributed by atoms with Crippen LogP contribution in [0.25, 0.3) is 22.2 Å². The number of nitrogens with zero attached hydrogens (tertiary/aromatic N) is 4. The highest BCUT2D eigenvalue weighted by molar-refractivity contribution is 5.88. The normalized spacial score (nSPS) is 10.8. The van der Waals surface area contributed by atoms with Gasteiger partial charge < -0.3 is 29.7 Å². The van der Waals surface area contributed by atoms with E-state index in [9.17, 15) is 0 Å². The predicted molar refractivity (Wildman–Crippen MR) is 153 cm³/mol. The summed E-state index contributed by atoms with van der Waals surface area (Å²) in [5.74, 6) is 1.43. The number of anilines is 2. The zero-order valence-electron chi connectivity index (χ0n) is 21.8. The molecule has 204 valence electrons. The van der Waals surface area contributed by atoms with E-state index >= 15 is 0 Å². The van der Waals surface area contributed by atoms with Gasteiger partial charge in [-0.3, -0.25) is 0 Å². The molecule has 0 aliphatic rings. The highest BCUT2D eigenvalue weighted by Crippen LogP contribution is 2.26. The van der Waals surface area contributed by atoms with E-state index in [-0.39, 0.29) is 13.2 Å². The van der Waals surface area contributed by atoms with Gasteiger partial charge in [-0.25, -0.2) is 0 Å². The Bertz CT molecular complexity index is 1510. The number of aliphatic hydroxyl groups is 2. The van der Waals surface area contributed by atoms with E-state index < -0.39 is 0 Å². The molecule has 0 aliphatic carbocycles. The molecule has 0 aliphatic heterocycles. The van der Waals surface area contributed by atoms with Crippen molar-refractivity contribution >= 4 is 33.6 Å². The Morgan fingerprint density at radius 1 is 0.600 bits per heavy atom. The topological polar surface area (TPSA) is 142 Å². The standard InChI is InChI=1S/2C15H15N3O2/c2*19-7-6-12-8-13-14(10-17-18-15(13)20-12)16-9-11-4-2-1-3-5-11/h2*1-5,8,10,19H,6-7,9H2,(H,16,18). The van der Waals surface area contributed by atoms with Crippen LogP contribution in [0.3, 0.4) is 0 Å². The maximum Gasteiger partial charge on any atom is 0.248 e. The van der Waals surface area contributed by atoms with Gasteiger partial charge in [-0.15, -0.1) is 10.2 Å². The lowest BCUT2D eigenvalue weighted by molar-refractivity contribution is 0.288. The average molecular weight is 539 g/mol. The van der Waals surface area contributed by atoms with Gasteiger partial charge in [0.05, 0.1) is 47.8 Å². The van der Waals surface area contributed by atoms with E-state index in [2.05, 4.69) is 55.3 Å². The van der Waals surface area contributed by atoms with Crippen molar-refractivity contribution in [3.05, 3.63) is 108 Å². The lowest BCUT2D eigenvalue weighted by Crippen LogP contribution is -2.00. The Kier molecular flexibility index (Phi) is 8.92. The average Bonchev–Trinajstić information content (AvgIpc) is 3.61. The first-order valence-electron chi connectivity index (χ1n) is 13.0. The fourth-order valence-corrected chi connectivity index (χ4v) is 4.15. The number of fused-ring (bicyclic) bond motifs is 2. The van der Waals surface area contributed by atoms with E-state index in [1.807, 2.05) is 48.5 Å². The van der Waals surface area contributed by atoms with Gasteiger partial charge in [-0.05, 0) is 23.3 Å². The second-order valence-corrected chi connectivity index (χ2v) is 9.01. The van der Waals surface area contributed by atoms with Crippen LogP contribution in [0.4, 0.5) is 11.4 Å². The fraction of sp³-hybridized carbons (Fsp3) is 0.200. The molecule has 6 rings (SSSR count). The van der Waals surface area contributed by atoms with Crippen LogP contribution in [0.1, 0.15) is 22.6 Å². The molecule has 0 spiro atoms. The van der Waals surface area contributed by atoms with E-state index in [1.54, 1.807) is 12.4 Å². The zero-order chi connectivity index (χ0) is 27.6. The minimum atomic E-state index is 0.0556. The Morgan fingerprint density at radius 3 is 1.43 bits per heavy atom. The van der Waals surface area contributed by atoms with Crippen LogP contribution < -0.4 is 10.6 Å². The van der Waals surface area contributed by atoms with Crippen LogP contribution in [0.2, 0.25) is 0 Å². The SMILES string of the molecule is OCCc1cc2c(NCc3ccccc3)cnnc2o1.OCCc1cc2c(NCc3ccccc3)cnnc2o1. The predicted octanol–water partition coefficient (Wildman–Crippen LogP) is 4.74. The molecule has 0 radical (unpaired) electrons. The minimum absolute atomic E-state index is 0.0556. The second kappa shape index (κ2) is 13.3. The van der Waals surface area contributed by atoms with Gasteiger partial charge in [0, 0.05) is 25.9 Å². The largest absolute Gasteiger partial charge is 0.441 e. The van der Waals surface area contributed by atoms with Crippen LogP contribution in [-0.4, -0.2) is 43.8 Å². The summed E-state index contributed by atoms with van der Waals surface area (Å²) in [4.78, 5) is 0. The Balaban J connectivity index is 0.000000161. The number of hydrogen-bond donors (Lipinski definition) is 4. The number of rotatable bonds is 10. The van der Waals surface area contributed by atoms with Gasteiger partial charge in [0.25, 0.3) is 0 Å². The fourth-order valence-electron chi connectivity index (χ4n) is 4.15. The third-order valence-electron chi connectivity index (χ3n) is 6.15. The monoisotopic (exact) mass is 538 g/mol. The summed E-state index contributed by atoms with van der Waals surface area (Å²) in [5, 5.41) is 42.1. The van der Waals surface area contributed by atoms with Gasteiger partial charge in [-0.2, -0.15) is 10.2 Å². The van der Waals surface area contributed by atoms with Crippen LogP contribution in [0.15, 0.2) is 94.0 Å². The van der Waals surface area contributed by atoms with Crippen LogP contribution >= 0.6 is 0 Å². The Labute approximate surface area is 230 Å². The molecule has 0 atom stereocenters. The van der Waals surface area contributed by atoms with Crippen molar-refractivity contribution in [2.24, 2.45) is 0 Å². The number of nitrogens with one attached hydrogen (secondary N) is 2. The summed E-state index contributed by atoms with van der Waals surface area (Å²) in [6.07, 6.45) is 4.33. The molecular formula is C30H30N6O4. The van der Waals surface area contributed by atoms with E-state index in [0.717, 1.165) is 22.1 Å².